The molecule has 0 spiro atoms. The minimum atomic E-state index is -0.467. The Hall–Kier alpha value is -3.30. The van der Waals surface area contributed by atoms with Crippen LogP contribution in [0, 0.1) is 0 Å². The summed E-state index contributed by atoms with van der Waals surface area (Å²) in [5.41, 5.74) is 0.858. The summed E-state index contributed by atoms with van der Waals surface area (Å²) in [6, 6.07) is 5.28. The van der Waals surface area contributed by atoms with E-state index < -0.39 is 5.91 Å². The molecule has 0 saturated heterocycles. The van der Waals surface area contributed by atoms with Crippen LogP contribution in [0.25, 0.3) is 0 Å². The van der Waals surface area contributed by atoms with Crippen molar-refractivity contribution in [3.8, 4) is 11.5 Å². The van der Waals surface area contributed by atoms with Gasteiger partial charge in [0.2, 0.25) is 6.79 Å². The normalized spacial score (nSPS) is 11.9. The number of fused-ring (bicyclic) bond motifs is 1. The average Bonchev–Trinajstić information content (AvgIpc) is 3.37. The summed E-state index contributed by atoms with van der Waals surface area (Å²) in [5, 5.41) is 9.29. The molecular weight excluding hydrogens is 366 g/mol. The first kappa shape index (κ1) is 19.5. The fraction of sp³-hybridized carbons (Fsp3) is 0.444. The first-order chi connectivity index (χ1) is 13.6. The minimum Gasteiger partial charge on any atom is -0.454 e. The van der Waals surface area contributed by atoms with Gasteiger partial charge >= 0.3 is 17.8 Å². The molecule has 3 amide bonds. The Kier molecular flexibility index (Phi) is 6.30. The number of amides is 3. The molecule has 0 unspecified atom stereocenters. The molecule has 2 N–H and O–H groups in total. The van der Waals surface area contributed by atoms with Gasteiger partial charge in [0.25, 0.3) is 0 Å². The first-order valence-electron chi connectivity index (χ1n) is 9.05. The largest absolute Gasteiger partial charge is 0.454 e. The fourth-order valence-electron chi connectivity index (χ4n) is 2.49. The molecule has 1 aliphatic rings. The molecule has 10 heteroatoms. The van der Waals surface area contributed by atoms with E-state index in [1.165, 1.54) is 4.90 Å². The number of likely N-dealkylation sites (N-methyl/N-ethyl adjacent to an activating group) is 1. The highest BCUT2D eigenvalue weighted by Gasteiger charge is 2.17. The van der Waals surface area contributed by atoms with Crippen molar-refractivity contribution in [1.82, 2.24) is 25.7 Å². The van der Waals surface area contributed by atoms with Gasteiger partial charge in [0.15, 0.2) is 17.3 Å². The highest BCUT2D eigenvalue weighted by Crippen LogP contribution is 2.32. The van der Waals surface area contributed by atoms with Gasteiger partial charge < -0.3 is 29.5 Å². The molecule has 28 heavy (non-hydrogen) atoms. The van der Waals surface area contributed by atoms with E-state index in [1.807, 2.05) is 13.0 Å². The van der Waals surface area contributed by atoms with Gasteiger partial charge in [0, 0.05) is 33.1 Å². The topological polar surface area (TPSA) is 119 Å². The second kappa shape index (κ2) is 9.07. The van der Waals surface area contributed by atoms with Crippen molar-refractivity contribution in [2.24, 2.45) is 0 Å². The minimum absolute atomic E-state index is 0.117. The van der Waals surface area contributed by atoms with Crippen molar-refractivity contribution in [2.45, 2.75) is 26.3 Å². The quantitative estimate of drug-likeness (QED) is 0.699. The van der Waals surface area contributed by atoms with E-state index in [-0.39, 0.29) is 25.3 Å². The van der Waals surface area contributed by atoms with Gasteiger partial charge in [-0.2, -0.15) is 4.98 Å². The van der Waals surface area contributed by atoms with Crippen molar-refractivity contribution >= 4 is 11.9 Å². The molecule has 150 valence electrons. The Morgan fingerprint density at radius 3 is 2.86 bits per heavy atom. The number of hydrogen-bond acceptors (Lipinski definition) is 7. The smallest absolute Gasteiger partial charge is 0.317 e. The number of nitrogens with one attached hydrogen (secondary N) is 2. The highest BCUT2D eigenvalue weighted by atomic mass is 16.7. The van der Waals surface area contributed by atoms with Gasteiger partial charge in [0.05, 0.1) is 0 Å². The van der Waals surface area contributed by atoms with Crippen LogP contribution in [0.3, 0.4) is 0 Å². The van der Waals surface area contributed by atoms with Crippen LogP contribution in [-0.4, -0.2) is 53.9 Å². The maximum atomic E-state index is 12.2. The van der Waals surface area contributed by atoms with Crippen LogP contribution in [0.4, 0.5) is 4.79 Å². The monoisotopic (exact) mass is 389 g/mol. The Bertz CT molecular complexity index is 838. The zero-order valence-electron chi connectivity index (χ0n) is 15.9. The average molecular weight is 389 g/mol. The van der Waals surface area contributed by atoms with Crippen LogP contribution in [0.5, 0.6) is 11.5 Å². The molecule has 0 bridgehead atoms. The van der Waals surface area contributed by atoms with E-state index in [1.54, 1.807) is 19.2 Å². The number of rotatable bonds is 8. The molecule has 10 nitrogen and oxygen atoms in total. The van der Waals surface area contributed by atoms with Crippen molar-refractivity contribution in [3.05, 3.63) is 35.5 Å². The van der Waals surface area contributed by atoms with Crippen LogP contribution in [0.1, 0.15) is 35.4 Å². The number of carbonyl (C=O) groups excluding carboxylic acids is 2. The zero-order valence-corrected chi connectivity index (χ0v) is 15.9. The molecule has 1 aliphatic heterocycles. The summed E-state index contributed by atoms with van der Waals surface area (Å²) in [4.78, 5) is 29.6. The predicted octanol–water partition coefficient (Wildman–Crippen LogP) is 1.32. The lowest BCUT2D eigenvalue weighted by Crippen LogP contribution is -2.38. The predicted molar refractivity (Wildman–Crippen MR) is 98.1 cm³/mol. The van der Waals surface area contributed by atoms with E-state index in [0.717, 1.165) is 12.0 Å². The molecule has 0 fully saturated rings. The summed E-state index contributed by atoms with van der Waals surface area (Å²) in [5.74, 6) is 1.12. The molecule has 2 aromatic rings. The third kappa shape index (κ3) is 4.90. The molecule has 0 radical (unpaired) electrons. The molecule has 0 saturated carbocycles. The maximum Gasteiger partial charge on any atom is 0.317 e. The second-order valence-corrected chi connectivity index (χ2v) is 6.29. The van der Waals surface area contributed by atoms with E-state index in [9.17, 15) is 9.59 Å². The molecule has 1 aromatic heterocycles. The maximum absolute atomic E-state index is 12.2. The summed E-state index contributed by atoms with van der Waals surface area (Å²) >= 11 is 0. The fourth-order valence-corrected chi connectivity index (χ4v) is 2.49. The summed E-state index contributed by atoms with van der Waals surface area (Å²) in [6.45, 7) is 3.50. The SMILES string of the molecule is CCCNC(=O)N(C)CCc1noc(C(=O)NCc2ccc3c(c2)OCO3)n1. The molecule has 2 heterocycles. The summed E-state index contributed by atoms with van der Waals surface area (Å²) in [7, 11) is 1.68. The van der Waals surface area contributed by atoms with Gasteiger partial charge in [-0.1, -0.05) is 18.1 Å². The third-order valence-corrected chi connectivity index (χ3v) is 4.10. The van der Waals surface area contributed by atoms with Crippen LogP contribution in [0.2, 0.25) is 0 Å². The first-order valence-corrected chi connectivity index (χ1v) is 9.05. The second-order valence-electron chi connectivity index (χ2n) is 6.29. The van der Waals surface area contributed by atoms with Gasteiger partial charge in [-0.15, -0.1) is 0 Å². The van der Waals surface area contributed by atoms with E-state index >= 15 is 0 Å². The Morgan fingerprint density at radius 2 is 2.04 bits per heavy atom. The van der Waals surface area contributed by atoms with Gasteiger partial charge in [-0.05, 0) is 24.1 Å². The van der Waals surface area contributed by atoms with Crippen LogP contribution >= 0.6 is 0 Å². The number of hydrogen-bond donors (Lipinski definition) is 2. The standard InChI is InChI=1S/C18H23N5O5/c1-3-7-19-18(25)23(2)8-6-15-21-17(28-22-15)16(24)20-10-12-4-5-13-14(9-12)27-11-26-13/h4-5,9H,3,6-8,10-11H2,1-2H3,(H,19,25)(H,20,24). The van der Waals surface area contributed by atoms with Crippen molar-refractivity contribution in [2.75, 3.05) is 26.9 Å². The van der Waals surface area contributed by atoms with Crippen molar-refractivity contribution < 1.29 is 23.6 Å². The Labute approximate surface area is 162 Å². The Morgan fingerprint density at radius 1 is 1.21 bits per heavy atom. The molecule has 0 atom stereocenters. The summed E-state index contributed by atoms with van der Waals surface area (Å²) in [6.07, 6.45) is 1.25. The van der Waals surface area contributed by atoms with Crippen molar-refractivity contribution in [1.29, 1.82) is 0 Å². The number of nitrogens with zero attached hydrogens (tertiary/aromatic N) is 3. The molecular formula is C18H23N5O5. The zero-order chi connectivity index (χ0) is 19.9. The lowest BCUT2D eigenvalue weighted by Gasteiger charge is -2.16. The van der Waals surface area contributed by atoms with Crippen LogP contribution in [-0.2, 0) is 13.0 Å². The Balaban J connectivity index is 1.46. The van der Waals surface area contributed by atoms with E-state index in [2.05, 4.69) is 20.8 Å². The molecule has 3 rings (SSSR count). The number of carbonyl (C=O) groups is 2. The third-order valence-electron chi connectivity index (χ3n) is 4.10. The number of urea groups is 1. The molecule has 0 aliphatic carbocycles. The van der Waals surface area contributed by atoms with Crippen molar-refractivity contribution in [3.63, 3.8) is 0 Å². The van der Waals surface area contributed by atoms with Gasteiger partial charge in [-0.25, -0.2) is 4.79 Å². The van der Waals surface area contributed by atoms with Crippen LogP contribution in [0.15, 0.2) is 22.7 Å². The summed E-state index contributed by atoms with van der Waals surface area (Å²) < 4.78 is 15.6. The van der Waals surface area contributed by atoms with Crippen LogP contribution < -0.4 is 20.1 Å². The van der Waals surface area contributed by atoms with E-state index in [0.29, 0.717) is 36.8 Å². The van der Waals surface area contributed by atoms with E-state index in [4.69, 9.17) is 14.0 Å². The lowest BCUT2D eigenvalue weighted by atomic mass is 10.2. The number of aromatic nitrogens is 2. The highest BCUT2D eigenvalue weighted by molar-refractivity contribution is 5.89. The van der Waals surface area contributed by atoms with Gasteiger partial charge in [0.1, 0.15) is 0 Å². The molecule has 1 aromatic carbocycles. The van der Waals surface area contributed by atoms with Gasteiger partial charge in [-0.3, -0.25) is 4.79 Å². The lowest BCUT2D eigenvalue weighted by molar-refractivity contribution is 0.0907. The number of benzene rings is 1. The number of ether oxygens (including phenoxy) is 2.